The van der Waals surface area contributed by atoms with Crippen LogP contribution in [0.25, 0.3) is 10.2 Å². The van der Waals surface area contributed by atoms with E-state index in [2.05, 4.69) is 18.8 Å². The third kappa shape index (κ3) is 4.36. The number of hydrogen-bond acceptors (Lipinski definition) is 5. The van der Waals surface area contributed by atoms with Gasteiger partial charge >= 0.3 is 0 Å². The lowest BCUT2D eigenvalue weighted by Crippen LogP contribution is -2.39. The minimum absolute atomic E-state index is 0.110. The second-order valence-corrected chi connectivity index (χ2v) is 8.59. The highest BCUT2D eigenvalue weighted by atomic mass is 32.1. The van der Waals surface area contributed by atoms with Crippen LogP contribution in [0.15, 0.2) is 71.3 Å². The average molecular weight is 434 g/mol. The molecule has 0 radical (unpaired) electrons. The Bertz CT molecular complexity index is 1160. The summed E-state index contributed by atoms with van der Waals surface area (Å²) in [6, 6.07) is 18.9. The first-order valence-corrected chi connectivity index (χ1v) is 10.8. The number of carbonyl (C=O) groups excluding carboxylic acids is 2. The molecule has 2 aromatic heterocycles. The first-order valence-electron chi connectivity index (χ1n) is 10.0. The predicted octanol–water partition coefficient (Wildman–Crippen LogP) is 5.45. The number of hydrogen-bond donors (Lipinski definition) is 0. The van der Waals surface area contributed by atoms with Crippen LogP contribution in [-0.2, 0) is 4.79 Å². The van der Waals surface area contributed by atoms with Crippen LogP contribution >= 0.6 is 11.3 Å². The number of furan rings is 1. The van der Waals surface area contributed by atoms with Gasteiger partial charge in [-0.25, -0.2) is 4.98 Å². The minimum atomic E-state index is -0.349. The fourth-order valence-corrected chi connectivity index (χ4v) is 4.26. The fourth-order valence-electron chi connectivity index (χ4n) is 3.26. The summed E-state index contributed by atoms with van der Waals surface area (Å²) in [7, 11) is 1.58. The molecule has 0 spiro atoms. The molecule has 158 valence electrons. The van der Waals surface area contributed by atoms with E-state index in [0.29, 0.717) is 16.7 Å². The third-order valence-electron chi connectivity index (χ3n) is 4.99. The molecule has 2 amide bonds. The number of benzene rings is 2. The quantitative estimate of drug-likeness (QED) is 0.406. The number of thiazole rings is 1. The van der Waals surface area contributed by atoms with Crippen molar-refractivity contribution in [2.75, 3.05) is 18.5 Å². The predicted molar refractivity (Wildman–Crippen MR) is 123 cm³/mol. The summed E-state index contributed by atoms with van der Waals surface area (Å²) in [6.07, 6.45) is 1.44. The zero-order valence-corrected chi connectivity index (χ0v) is 18.4. The molecule has 31 heavy (non-hydrogen) atoms. The molecule has 0 saturated carbocycles. The molecule has 0 aliphatic rings. The van der Waals surface area contributed by atoms with Gasteiger partial charge in [0.15, 0.2) is 10.9 Å². The van der Waals surface area contributed by atoms with Crippen LogP contribution in [0.4, 0.5) is 10.8 Å². The summed E-state index contributed by atoms with van der Waals surface area (Å²) in [5.74, 6) is -0.0164. The summed E-state index contributed by atoms with van der Waals surface area (Å²) in [5, 5.41) is 0.572. The summed E-state index contributed by atoms with van der Waals surface area (Å²) in [5.41, 5.74) is 2.73. The zero-order chi connectivity index (χ0) is 22.0. The van der Waals surface area contributed by atoms with E-state index in [1.54, 1.807) is 24.1 Å². The van der Waals surface area contributed by atoms with Gasteiger partial charge in [-0.1, -0.05) is 49.4 Å². The monoisotopic (exact) mass is 433 g/mol. The van der Waals surface area contributed by atoms with Crippen molar-refractivity contribution >= 4 is 44.2 Å². The Labute approximate surface area is 184 Å². The molecule has 0 N–H and O–H groups in total. The van der Waals surface area contributed by atoms with Gasteiger partial charge in [0.1, 0.15) is 6.54 Å². The fraction of sp³-hybridized carbons (Fsp3) is 0.208. The Hall–Kier alpha value is -3.45. The molecule has 0 bridgehead atoms. The highest BCUT2D eigenvalue weighted by Crippen LogP contribution is 2.34. The van der Waals surface area contributed by atoms with Gasteiger partial charge in [-0.05, 0) is 47.9 Å². The molecule has 0 fully saturated rings. The summed E-state index contributed by atoms with van der Waals surface area (Å²) in [4.78, 5) is 33.5. The maximum absolute atomic E-state index is 13.4. The van der Waals surface area contributed by atoms with E-state index in [4.69, 9.17) is 4.42 Å². The lowest BCUT2D eigenvalue weighted by atomic mass is 10.0. The van der Waals surface area contributed by atoms with Gasteiger partial charge in [0.2, 0.25) is 0 Å². The Balaban J connectivity index is 1.67. The number of likely N-dealkylation sites (N-methyl/N-ethyl adjacent to an activating group) is 1. The van der Waals surface area contributed by atoms with Crippen LogP contribution in [0.5, 0.6) is 0 Å². The van der Waals surface area contributed by atoms with Crippen molar-refractivity contribution in [3.8, 4) is 0 Å². The Morgan fingerprint density at radius 2 is 1.77 bits per heavy atom. The van der Waals surface area contributed by atoms with Crippen molar-refractivity contribution < 1.29 is 14.0 Å². The number of rotatable bonds is 6. The van der Waals surface area contributed by atoms with E-state index in [1.165, 1.54) is 28.1 Å². The second-order valence-electron chi connectivity index (χ2n) is 7.58. The highest BCUT2D eigenvalue weighted by molar-refractivity contribution is 7.22. The van der Waals surface area contributed by atoms with Gasteiger partial charge in [0.25, 0.3) is 11.8 Å². The minimum Gasteiger partial charge on any atom is -0.459 e. The lowest BCUT2D eigenvalue weighted by molar-refractivity contribution is -0.118. The van der Waals surface area contributed by atoms with E-state index in [-0.39, 0.29) is 24.1 Å². The van der Waals surface area contributed by atoms with Gasteiger partial charge < -0.3 is 9.32 Å². The maximum atomic E-state index is 13.4. The van der Waals surface area contributed by atoms with Crippen LogP contribution < -0.4 is 4.90 Å². The highest BCUT2D eigenvalue weighted by Gasteiger charge is 2.25. The van der Waals surface area contributed by atoms with E-state index < -0.39 is 0 Å². The van der Waals surface area contributed by atoms with Gasteiger partial charge in [-0.2, -0.15) is 0 Å². The van der Waals surface area contributed by atoms with Crippen molar-refractivity contribution in [1.82, 2.24) is 9.88 Å². The molecule has 0 saturated heterocycles. The largest absolute Gasteiger partial charge is 0.459 e. The van der Waals surface area contributed by atoms with Crippen LogP contribution in [0.3, 0.4) is 0 Å². The topological polar surface area (TPSA) is 66.7 Å². The van der Waals surface area contributed by atoms with Crippen molar-refractivity contribution in [3.63, 3.8) is 0 Å². The third-order valence-corrected chi connectivity index (χ3v) is 6.01. The van der Waals surface area contributed by atoms with Gasteiger partial charge in [-0.3, -0.25) is 14.5 Å². The normalized spacial score (nSPS) is 11.1. The van der Waals surface area contributed by atoms with Crippen molar-refractivity contribution in [2.24, 2.45) is 0 Å². The molecular formula is C24H23N3O3S. The zero-order valence-electron chi connectivity index (χ0n) is 17.6. The maximum Gasteiger partial charge on any atom is 0.289 e. The van der Waals surface area contributed by atoms with Crippen LogP contribution in [0, 0.1) is 0 Å². The molecule has 6 nitrogen and oxygen atoms in total. The molecule has 2 aromatic carbocycles. The van der Waals surface area contributed by atoms with Gasteiger partial charge in [0.05, 0.1) is 22.2 Å². The molecular weight excluding hydrogens is 410 g/mol. The van der Waals surface area contributed by atoms with Crippen LogP contribution in [0.2, 0.25) is 0 Å². The standard InChI is InChI=1S/C24H23N3O3S/c1-16(2)17-10-12-18(13-11-17)27(24-25-19-7-4-5-9-21(19)31-24)22(28)15-26(3)23(29)20-8-6-14-30-20/h4-14,16H,15H2,1-3H3. The number of para-hydroxylation sites is 1. The van der Waals surface area contributed by atoms with Crippen molar-refractivity contribution in [1.29, 1.82) is 0 Å². The number of amides is 2. The molecule has 0 aliphatic carbocycles. The number of fused-ring (bicyclic) bond motifs is 1. The Morgan fingerprint density at radius 1 is 1.03 bits per heavy atom. The number of aromatic nitrogens is 1. The SMILES string of the molecule is CC(C)c1ccc(N(C(=O)CN(C)C(=O)c2ccco2)c2nc3ccccc3s2)cc1. The number of carbonyl (C=O) groups is 2. The van der Waals surface area contributed by atoms with E-state index in [9.17, 15) is 9.59 Å². The van der Waals surface area contributed by atoms with E-state index >= 15 is 0 Å². The second kappa shape index (κ2) is 8.73. The van der Waals surface area contributed by atoms with E-state index in [1.807, 2.05) is 48.5 Å². The van der Waals surface area contributed by atoms with Crippen molar-refractivity contribution in [3.05, 3.63) is 78.3 Å². The lowest BCUT2D eigenvalue weighted by Gasteiger charge is -2.23. The Morgan fingerprint density at radius 3 is 2.42 bits per heavy atom. The summed E-state index contributed by atoms with van der Waals surface area (Å²) < 4.78 is 6.17. The first kappa shape index (κ1) is 20.8. The summed E-state index contributed by atoms with van der Waals surface area (Å²) in [6.45, 7) is 4.14. The van der Waals surface area contributed by atoms with E-state index in [0.717, 1.165) is 10.2 Å². The molecule has 4 aromatic rings. The first-order chi connectivity index (χ1) is 14.9. The molecule has 0 atom stereocenters. The summed E-state index contributed by atoms with van der Waals surface area (Å²) >= 11 is 1.44. The van der Waals surface area contributed by atoms with Crippen LogP contribution in [-0.4, -0.2) is 35.3 Å². The van der Waals surface area contributed by atoms with Crippen LogP contribution in [0.1, 0.15) is 35.9 Å². The molecule has 0 aliphatic heterocycles. The molecule has 2 heterocycles. The number of anilines is 2. The molecule has 4 rings (SSSR count). The van der Waals surface area contributed by atoms with Gasteiger partial charge in [-0.15, -0.1) is 0 Å². The van der Waals surface area contributed by atoms with Gasteiger partial charge in [0, 0.05) is 7.05 Å². The van der Waals surface area contributed by atoms with Crippen molar-refractivity contribution in [2.45, 2.75) is 19.8 Å². The Kier molecular flexibility index (Phi) is 5.86. The number of nitrogens with zero attached hydrogens (tertiary/aromatic N) is 3. The average Bonchev–Trinajstić information content (AvgIpc) is 3.43. The smallest absolute Gasteiger partial charge is 0.289 e. The molecule has 7 heteroatoms. The molecule has 0 unspecified atom stereocenters.